The second kappa shape index (κ2) is 6.07. The lowest BCUT2D eigenvalue weighted by molar-refractivity contribution is 0.0735. The molecule has 0 atom stereocenters. The molecule has 0 radical (unpaired) electrons. The molecule has 0 fully saturated rings. The third-order valence-corrected chi connectivity index (χ3v) is 4.58. The van der Waals surface area contributed by atoms with E-state index in [9.17, 15) is 4.79 Å². The molecule has 2 aromatic heterocycles. The van der Waals surface area contributed by atoms with Crippen LogP contribution < -0.4 is 4.74 Å². The average molecular weight is 374 g/mol. The Balaban J connectivity index is 1.57. The lowest BCUT2D eigenvalue weighted by Gasteiger charge is -2.06. The van der Waals surface area contributed by atoms with Crippen LogP contribution in [0.1, 0.15) is 10.4 Å². The Bertz CT molecular complexity index is 1340. The maximum absolute atomic E-state index is 12.3. The summed E-state index contributed by atoms with van der Waals surface area (Å²) in [5.41, 5.74) is 4.26. The first-order valence-electron chi connectivity index (χ1n) is 8.33. The molecule has 0 aliphatic heterocycles. The number of aromatic nitrogens is 3. The van der Waals surface area contributed by atoms with Gasteiger partial charge in [0.25, 0.3) is 0 Å². The number of halogens is 1. The Hall–Kier alpha value is -3.44. The molecular weight excluding hydrogens is 362 g/mol. The topological polar surface area (TPSA) is 67.9 Å². The summed E-state index contributed by atoms with van der Waals surface area (Å²) in [5.74, 6) is -0.0704. The third-order valence-electron chi connectivity index (χ3n) is 4.34. The van der Waals surface area contributed by atoms with Crippen molar-refractivity contribution in [3.05, 3.63) is 77.3 Å². The van der Waals surface area contributed by atoms with Gasteiger partial charge in [0.05, 0.1) is 16.6 Å². The highest BCUT2D eigenvalue weighted by molar-refractivity contribution is 6.30. The number of para-hydroxylation sites is 1. The summed E-state index contributed by atoms with van der Waals surface area (Å²) in [6, 6.07) is 19.8. The highest BCUT2D eigenvalue weighted by Crippen LogP contribution is 2.26. The van der Waals surface area contributed by atoms with E-state index in [2.05, 4.69) is 9.97 Å². The van der Waals surface area contributed by atoms with Crippen molar-refractivity contribution >= 4 is 50.7 Å². The normalized spacial score (nSPS) is 11.3. The number of carbonyl (C=O) groups excluding carboxylic acids is 1. The molecule has 0 bridgehead atoms. The predicted molar refractivity (Wildman–Crippen MR) is 105 cm³/mol. The van der Waals surface area contributed by atoms with Gasteiger partial charge in [0.1, 0.15) is 11.3 Å². The summed E-state index contributed by atoms with van der Waals surface area (Å²) < 4.78 is 5.47. The first kappa shape index (κ1) is 15.8. The van der Waals surface area contributed by atoms with Gasteiger partial charge in [-0.25, -0.2) is 14.8 Å². The quantitative estimate of drug-likeness (QED) is 0.344. The van der Waals surface area contributed by atoms with Crippen LogP contribution in [0, 0.1) is 0 Å². The molecule has 0 spiro atoms. The number of aromatic amines is 1. The molecular formula is C21H12ClN3O2. The van der Waals surface area contributed by atoms with Crippen molar-refractivity contribution in [3.8, 4) is 5.75 Å². The first-order valence-corrected chi connectivity index (χ1v) is 8.71. The Kier molecular flexibility index (Phi) is 3.55. The fraction of sp³-hybridized carbons (Fsp3) is 0. The van der Waals surface area contributed by atoms with E-state index in [1.165, 1.54) is 0 Å². The number of nitrogens with zero attached hydrogens (tertiary/aromatic N) is 2. The zero-order valence-electron chi connectivity index (χ0n) is 13.9. The Labute approximate surface area is 158 Å². The number of hydrogen-bond acceptors (Lipinski definition) is 4. The SMILES string of the molecule is O=C(Oc1ccc2nc3[nH]c4ccccc4c3nc2c1)c1cccc(Cl)c1. The molecule has 130 valence electrons. The molecule has 0 saturated carbocycles. The van der Waals surface area contributed by atoms with Gasteiger partial charge < -0.3 is 9.72 Å². The summed E-state index contributed by atoms with van der Waals surface area (Å²) in [6.45, 7) is 0. The summed E-state index contributed by atoms with van der Waals surface area (Å²) in [7, 11) is 0. The van der Waals surface area contributed by atoms with E-state index in [4.69, 9.17) is 21.3 Å². The number of benzene rings is 3. The molecule has 0 saturated heterocycles. The number of fused-ring (bicyclic) bond motifs is 4. The van der Waals surface area contributed by atoms with Crippen LogP contribution in [0.4, 0.5) is 0 Å². The lowest BCUT2D eigenvalue weighted by Crippen LogP contribution is -2.08. The van der Waals surface area contributed by atoms with Crippen molar-refractivity contribution < 1.29 is 9.53 Å². The maximum atomic E-state index is 12.3. The number of nitrogens with one attached hydrogen (secondary N) is 1. The molecule has 27 heavy (non-hydrogen) atoms. The van der Waals surface area contributed by atoms with Crippen LogP contribution in [-0.4, -0.2) is 20.9 Å². The van der Waals surface area contributed by atoms with E-state index >= 15 is 0 Å². The molecule has 5 nitrogen and oxygen atoms in total. The Morgan fingerprint density at radius 2 is 1.81 bits per heavy atom. The van der Waals surface area contributed by atoms with Crippen molar-refractivity contribution in [2.24, 2.45) is 0 Å². The van der Waals surface area contributed by atoms with Crippen LogP contribution in [0.3, 0.4) is 0 Å². The fourth-order valence-electron chi connectivity index (χ4n) is 3.08. The summed E-state index contributed by atoms with van der Waals surface area (Å²) in [6.07, 6.45) is 0. The molecule has 2 heterocycles. The van der Waals surface area contributed by atoms with Crippen LogP contribution in [0.15, 0.2) is 66.7 Å². The third kappa shape index (κ3) is 2.78. The van der Waals surface area contributed by atoms with Crippen LogP contribution in [0.25, 0.3) is 33.1 Å². The highest BCUT2D eigenvalue weighted by atomic mass is 35.5. The van der Waals surface area contributed by atoms with E-state index in [0.29, 0.717) is 21.9 Å². The molecule has 3 aromatic carbocycles. The molecule has 5 rings (SSSR count). The smallest absolute Gasteiger partial charge is 0.343 e. The standard InChI is InChI=1S/C21H12ClN3O2/c22-13-5-3-4-12(10-13)21(26)27-14-8-9-17-18(11-14)23-19-15-6-1-2-7-16(15)24-20(19)25-17/h1-11H,(H,24,25). The second-order valence-corrected chi connectivity index (χ2v) is 6.58. The van der Waals surface area contributed by atoms with Crippen molar-refractivity contribution in [1.82, 2.24) is 15.0 Å². The molecule has 0 aliphatic rings. The monoisotopic (exact) mass is 373 g/mol. The maximum Gasteiger partial charge on any atom is 0.343 e. The van der Waals surface area contributed by atoms with Crippen LogP contribution >= 0.6 is 11.6 Å². The summed E-state index contributed by atoms with van der Waals surface area (Å²) in [5, 5.41) is 1.48. The average Bonchev–Trinajstić information content (AvgIpc) is 3.03. The highest BCUT2D eigenvalue weighted by Gasteiger charge is 2.12. The van der Waals surface area contributed by atoms with E-state index in [1.54, 1.807) is 42.5 Å². The molecule has 0 amide bonds. The predicted octanol–water partition coefficient (Wildman–Crippen LogP) is 5.14. The minimum atomic E-state index is -0.474. The van der Waals surface area contributed by atoms with Crippen molar-refractivity contribution in [2.45, 2.75) is 0 Å². The van der Waals surface area contributed by atoms with Gasteiger partial charge in [0.2, 0.25) is 0 Å². The van der Waals surface area contributed by atoms with Crippen LogP contribution in [-0.2, 0) is 0 Å². The number of rotatable bonds is 2. The lowest BCUT2D eigenvalue weighted by atomic mass is 10.2. The molecule has 5 aromatic rings. The second-order valence-electron chi connectivity index (χ2n) is 6.14. The number of ether oxygens (including phenoxy) is 1. The van der Waals surface area contributed by atoms with E-state index in [-0.39, 0.29) is 0 Å². The van der Waals surface area contributed by atoms with Gasteiger partial charge in [-0.05, 0) is 36.4 Å². The van der Waals surface area contributed by atoms with Gasteiger partial charge >= 0.3 is 5.97 Å². The molecule has 0 unspecified atom stereocenters. The number of H-pyrrole nitrogens is 1. The summed E-state index contributed by atoms with van der Waals surface area (Å²) >= 11 is 5.93. The van der Waals surface area contributed by atoms with Gasteiger partial charge in [-0.1, -0.05) is 35.9 Å². The van der Waals surface area contributed by atoms with Crippen molar-refractivity contribution in [3.63, 3.8) is 0 Å². The first-order chi connectivity index (χ1) is 13.2. The number of hydrogen-bond donors (Lipinski definition) is 1. The largest absolute Gasteiger partial charge is 0.423 e. The zero-order chi connectivity index (χ0) is 18.4. The molecule has 0 aliphatic carbocycles. The minimum Gasteiger partial charge on any atom is -0.423 e. The van der Waals surface area contributed by atoms with Gasteiger partial charge in [-0.15, -0.1) is 0 Å². The van der Waals surface area contributed by atoms with Gasteiger partial charge in [-0.3, -0.25) is 0 Å². The van der Waals surface area contributed by atoms with Crippen LogP contribution in [0.2, 0.25) is 5.02 Å². The van der Waals surface area contributed by atoms with Gasteiger partial charge in [0, 0.05) is 22.0 Å². The Morgan fingerprint density at radius 3 is 2.70 bits per heavy atom. The molecule has 1 N–H and O–H groups in total. The minimum absolute atomic E-state index is 0.390. The van der Waals surface area contributed by atoms with E-state index < -0.39 is 5.97 Å². The van der Waals surface area contributed by atoms with Crippen LogP contribution in [0.5, 0.6) is 5.75 Å². The van der Waals surface area contributed by atoms with Crippen molar-refractivity contribution in [2.75, 3.05) is 0 Å². The number of esters is 1. The zero-order valence-corrected chi connectivity index (χ0v) is 14.7. The summed E-state index contributed by atoms with van der Waals surface area (Å²) in [4.78, 5) is 24.9. The van der Waals surface area contributed by atoms with Gasteiger partial charge in [-0.2, -0.15) is 0 Å². The van der Waals surface area contributed by atoms with E-state index in [0.717, 1.165) is 27.6 Å². The van der Waals surface area contributed by atoms with Gasteiger partial charge in [0.15, 0.2) is 5.65 Å². The van der Waals surface area contributed by atoms with E-state index in [1.807, 2.05) is 24.3 Å². The molecule has 6 heteroatoms. The fourth-order valence-corrected chi connectivity index (χ4v) is 3.27. The number of carbonyl (C=O) groups is 1. The van der Waals surface area contributed by atoms with Crippen molar-refractivity contribution in [1.29, 1.82) is 0 Å². The Morgan fingerprint density at radius 1 is 0.926 bits per heavy atom.